The van der Waals surface area contributed by atoms with Gasteiger partial charge in [0.2, 0.25) is 0 Å². The molecule has 17 heavy (non-hydrogen) atoms. The van der Waals surface area contributed by atoms with E-state index in [2.05, 4.69) is 11.9 Å². The van der Waals surface area contributed by atoms with Gasteiger partial charge in [-0.3, -0.25) is 0 Å². The molecule has 1 N–H and O–H groups in total. The highest BCUT2D eigenvalue weighted by Crippen LogP contribution is 2.63. The van der Waals surface area contributed by atoms with Crippen molar-refractivity contribution in [1.82, 2.24) is 4.98 Å². The van der Waals surface area contributed by atoms with Crippen LogP contribution >= 0.6 is 0 Å². The van der Waals surface area contributed by atoms with Crippen molar-refractivity contribution in [2.45, 2.75) is 39.0 Å². The van der Waals surface area contributed by atoms with Gasteiger partial charge in [0.1, 0.15) is 5.69 Å². The van der Waals surface area contributed by atoms with E-state index in [0.717, 1.165) is 24.2 Å². The number of fused-ring (bicyclic) bond motifs is 3. The summed E-state index contributed by atoms with van der Waals surface area (Å²) >= 11 is 0. The Morgan fingerprint density at radius 2 is 2.35 bits per heavy atom. The SMILES string of the molecule is CCCC1C2Cc3[nH]c(C(=O)OCC)cc3C12. The van der Waals surface area contributed by atoms with Gasteiger partial charge >= 0.3 is 5.97 Å². The van der Waals surface area contributed by atoms with Crippen molar-refractivity contribution in [2.75, 3.05) is 6.61 Å². The van der Waals surface area contributed by atoms with E-state index < -0.39 is 0 Å². The fourth-order valence-electron chi connectivity index (χ4n) is 3.45. The van der Waals surface area contributed by atoms with E-state index in [4.69, 9.17) is 4.74 Å². The number of hydrogen-bond acceptors (Lipinski definition) is 2. The van der Waals surface area contributed by atoms with Gasteiger partial charge in [0, 0.05) is 5.69 Å². The van der Waals surface area contributed by atoms with Crippen molar-refractivity contribution < 1.29 is 9.53 Å². The summed E-state index contributed by atoms with van der Waals surface area (Å²) in [7, 11) is 0. The summed E-state index contributed by atoms with van der Waals surface area (Å²) in [5.74, 6) is 2.24. The van der Waals surface area contributed by atoms with Crippen LogP contribution in [0.1, 0.15) is 54.4 Å². The maximum atomic E-state index is 11.6. The standard InChI is InChI=1S/C14H19NO2/c1-3-5-8-9-6-11-10(13(8)9)7-12(15-11)14(16)17-4-2/h7-9,13,15H,3-6H2,1-2H3. The molecule has 3 rings (SSSR count). The average Bonchev–Trinajstić information content (AvgIpc) is 2.69. The van der Waals surface area contributed by atoms with Gasteiger partial charge in [0.05, 0.1) is 6.61 Å². The fourth-order valence-corrected chi connectivity index (χ4v) is 3.45. The molecule has 3 unspecified atom stereocenters. The highest BCUT2D eigenvalue weighted by molar-refractivity contribution is 5.88. The number of rotatable bonds is 4. The second kappa shape index (κ2) is 3.90. The Hall–Kier alpha value is -1.25. The van der Waals surface area contributed by atoms with E-state index in [9.17, 15) is 4.79 Å². The Labute approximate surface area is 102 Å². The Balaban J connectivity index is 1.76. The number of aromatic amines is 1. The number of carbonyl (C=O) groups is 1. The van der Waals surface area contributed by atoms with Crippen LogP contribution in [0.25, 0.3) is 0 Å². The molecule has 1 heterocycles. The Kier molecular flexibility index (Phi) is 2.49. The maximum absolute atomic E-state index is 11.6. The van der Waals surface area contributed by atoms with Crippen LogP contribution in [0.4, 0.5) is 0 Å². The van der Waals surface area contributed by atoms with Gasteiger partial charge in [-0.2, -0.15) is 0 Å². The summed E-state index contributed by atoms with van der Waals surface area (Å²) in [4.78, 5) is 14.9. The van der Waals surface area contributed by atoms with Crippen molar-refractivity contribution in [1.29, 1.82) is 0 Å². The minimum absolute atomic E-state index is 0.217. The molecule has 0 aliphatic heterocycles. The van der Waals surface area contributed by atoms with Crippen LogP contribution < -0.4 is 0 Å². The third-order valence-electron chi connectivity index (χ3n) is 4.18. The van der Waals surface area contributed by atoms with Crippen LogP contribution in [0.15, 0.2) is 6.07 Å². The summed E-state index contributed by atoms with van der Waals surface area (Å²) in [6.45, 7) is 4.52. The van der Waals surface area contributed by atoms with Crippen LogP contribution in [-0.4, -0.2) is 17.6 Å². The number of aromatic nitrogens is 1. The van der Waals surface area contributed by atoms with Crippen molar-refractivity contribution >= 4 is 5.97 Å². The zero-order chi connectivity index (χ0) is 12.0. The summed E-state index contributed by atoms with van der Waals surface area (Å²) in [5.41, 5.74) is 3.30. The highest BCUT2D eigenvalue weighted by Gasteiger charge is 2.55. The molecule has 0 bridgehead atoms. The highest BCUT2D eigenvalue weighted by atomic mass is 16.5. The largest absolute Gasteiger partial charge is 0.461 e. The lowest BCUT2D eigenvalue weighted by molar-refractivity contribution is 0.0520. The van der Waals surface area contributed by atoms with E-state index in [1.807, 2.05) is 13.0 Å². The number of nitrogens with one attached hydrogen (secondary N) is 1. The van der Waals surface area contributed by atoms with Gasteiger partial charge in [-0.15, -0.1) is 0 Å². The lowest BCUT2D eigenvalue weighted by Gasteiger charge is -2.00. The third kappa shape index (κ3) is 1.60. The molecule has 3 nitrogen and oxygen atoms in total. The van der Waals surface area contributed by atoms with E-state index in [1.54, 1.807) is 0 Å². The zero-order valence-corrected chi connectivity index (χ0v) is 10.5. The molecule has 0 aromatic carbocycles. The average molecular weight is 233 g/mol. The van der Waals surface area contributed by atoms with Crippen LogP contribution in [-0.2, 0) is 11.2 Å². The zero-order valence-electron chi connectivity index (χ0n) is 10.5. The third-order valence-corrected chi connectivity index (χ3v) is 4.18. The van der Waals surface area contributed by atoms with Gasteiger partial charge in [-0.1, -0.05) is 13.3 Å². The summed E-state index contributed by atoms with van der Waals surface area (Å²) < 4.78 is 5.02. The van der Waals surface area contributed by atoms with Gasteiger partial charge in [0.15, 0.2) is 0 Å². The monoisotopic (exact) mass is 233 g/mol. The first-order valence-electron chi connectivity index (χ1n) is 6.65. The first-order chi connectivity index (χ1) is 8.26. The van der Waals surface area contributed by atoms with Gasteiger partial charge in [-0.25, -0.2) is 4.79 Å². The number of esters is 1. The molecule has 0 radical (unpaired) electrons. The van der Waals surface area contributed by atoms with Crippen LogP contribution in [0.3, 0.4) is 0 Å². The number of carbonyl (C=O) groups excluding carboxylic acids is 1. The van der Waals surface area contributed by atoms with Gasteiger partial charge < -0.3 is 9.72 Å². The first kappa shape index (κ1) is 10.9. The maximum Gasteiger partial charge on any atom is 0.354 e. The molecule has 0 amide bonds. The fraction of sp³-hybridized carbons (Fsp3) is 0.643. The lowest BCUT2D eigenvalue weighted by atomic mass is 10.1. The summed E-state index contributed by atoms with van der Waals surface area (Å²) in [6.07, 6.45) is 3.72. The van der Waals surface area contributed by atoms with E-state index >= 15 is 0 Å². The minimum atomic E-state index is -0.217. The van der Waals surface area contributed by atoms with E-state index in [-0.39, 0.29) is 5.97 Å². The molecule has 0 saturated heterocycles. The molecular weight excluding hydrogens is 214 g/mol. The van der Waals surface area contributed by atoms with Crippen molar-refractivity contribution in [3.8, 4) is 0 Å². The molecule has 1 saturated carbocycles. The molecule has 1 aromatic rings. The quantitative estimate of drug-likeness (QED) is 0.812. The van der Waals surface area contributed by atoms with Crippen LogP contribution in [0, 0.1) is 11.8 Å². The van der Waals surface area contributed by atoms with E-state index in [0.29, 0.717) is 12.3 Å². The first-order valence-corrected chi connectivity index (χ1v) is 6.65. The van der Waals surface area contributed by atoms with Crippen molar-refractivity contribution in [3.05, 3.63) is 23.0 Å². The summed E-state index contributed by atoms with van der Waals surface area (Å²) in [5, 5.41) is 0. The second-order valence-electron chi connectivity index (χ2n) is 5.18. The Morgan fingerprint density at radius 3 is 3.06 bits per heavy atom. The molecule has 2 aliphatic carbocycles. The molecule has 3 atom stereocenters. The molecule has 1 aromatic heterocycles. The van der Waals surface area contributed by atoms with Gasteiger partial charge in [-0.05, 0) is 49.1 Å². The molecule has 3 heteroatoms. The molecule has 2 aliphatic rings. The molecular formula is C14H19NO2. The van der Waals surface area contributed by atoms with Crippen LogP contribution in [0.5, 0.6) is 0 Å². The number of ether oxygens (including phenoxy) is 1. The molecule has 0 spiro atoms. The predicted octanol–water partition coefficient (Wildman–Crippen LogP) is 2.88. The topological polar surface area (TPSA) is 42.1 Å². The Bertz CT molecular complexity index is 449. The number of H-pyrrole nitrogens is 1. The normalized spacial score (nSPS) is 28.7. The van der Waals surface area contributed by atoms with Crippen LogP contribution in [0.2, 0.25) is 0 Å². The predicted molar refractivity (Wildman–Crippen MR) is 65.1 cm³/mol. The van der Waals surface area contributed by atoms with E-state index in [1.165, 1.54) is 24.1 Å². The molecule has 92 valence electrons. The smallest absolute Gasteiger partial charge is 0.354 e. The lowest BCUT2D eigenvalue weighted by Crippen LogP contribution is -2.05. The second-order valence-corrected chi connectivity index (χ2v) is 5.18. The molecule has 1 fully saturated rings. The minimum Gasteiger partial charge on any atom is -0.461 e. The number of hydrogen-bond donors (Lipinski definition) is 1. The summed E-state index contributed by atoms with van der Waals surface area (Å²) in [6, 6.07) is 2.02. The van der Waals surface area contributed by atoms with Gasteiger partial charge in [0.25, 0.3) is 0 Å². The van der Waals surface area contributed by atoms with Crippen molar-refractivity contribution in [3.63, 3.8) is 0 Å². The van der Waals surface area contributed by atoms with Crippen molar-refractivity contribution in [2.24, 2.45) is 11.8 Å². The Morgan fingerprint density at radius 1 is 1.53 bits per heavy atom.